The van der Waals surface area contributed by atoms with Gasteiger partial charge in [-0.1, -0.05) is 48.5 Å². The maximum atomic E-state index is 13.3. The topological polar surface area (TPSA) is 29.4 Å². The summed E-state index contributed by atoms with van der Waals surface area (Å²) in [5, 5.41) is 0. The summed E-state index contributed by atoms with van der Waals surface area (Å²) in [6.07, 6.45) is -1.87. The summed E-state index contributed by atoms with van der Waals surface area (Å²) < 4.78 is 40.0. The molecule has 1 aliphatic rings. The molecule has 146 valence electrons. The summed E-state index contributed by atoms with van der Waals surface area (Å²) in [4.78, 5) is 16.8. The molecule has 1 heterocycles. The molecule has 29 heavy (non-hydrogen) atoms. The van der Waals surface area contributed by atoms with Crippen molar-refractivity contribution in [3.8, 4) is 11.1 Å². The Balaban J connectivity index is 1.65. The van der Waals surface area contributed by atoms with Gasteiger partial charge in [-0.15, -0.1) is 0 Å². The normalized spacial score (nSPS) is 12.8. The Kier molecular flexibility index (Phi) is 5.05. The average Bonchev–Trinajstić information content (AvgIpc) is 3.20. The molecule has 3 aromatic carbocycles. The molecular weight excluding hydrogens is 375 g/mol. The van der Waals surface area contributed by atoms with Crippen LogP contribution in [0.4, 0.5) is 13.2 Å². The highest BCUT2D eigenvalue weighted by Gasteiger charge is 2.32. The number of aryl methyl sites for hydroxylation is 1. The molecular formula is C24H18F3NO. The first kappa shape index (κ1) is 19.1. The second-order valence-corrected chi connectivity index (χ2v) is 7.05. The number of ketones is 1. The van der Waals surface area contributed by atoms with Gasteiger partial charge < -0.3 is 0 Å². The number of fused-ring (bicyclic) bond motifs is 1. The minimum absolute atomic E-state index is 0.0343. The fraction of sp³-hybridized carbons (Fsp3) is 0.167. The standard InChI is InChI=1S/C24H18F3NO/c25-24(26,27)20-12-19-14-28-15-22(19)21(13-20)17-7-4-8-18(11-17)23(29)10-9-16-5-2-1-3-6-16/h1-8,11-13,15H,9-10,14H2. The zero-order valence-electron chi connectivity index (χ0n) is 15.5. The lowest BCUT2D eigenvalue weighted by molar-refractivity contribution is -0.137. The smallest absolute Gasteiger partial charge is 0.294 e. The molecule has 4 rings (SSSR count). The largest absolute Gasteiger partial charge is 0.416 e. The van der Waals surface area contributed by atoms with Gasteiger partial charge in [0.05, 0.1) is 12.1 Å². The number of Topliss-reactive ketones (excluding diaryl/α,β-unsaturated/α-hetero) is 1. The Hall–Kier alpha value is -3.21. The number of halogens is 3. The van der Waals surface area contributed by atoms with Crippen molar-refractivity contribution in [3.05, 3.63) is 94.5 Å². The summed E-state index contributed by atoms with van der Waals surface area (Å²) in [5.41, 5.74) is 3.16. The summed E-state index contributed by atoms with van der Waals surface area (Å²) in [6.45, 7) is 0.238. The first-order chi connectivity index (χ1) is 13.9. The number of benzene rings is 3. The SMILES string of the molecule is O=C(CCc1ccccc1)c1cccc(-c2cc(C(F)(F)F)cc3c2C=NC3)c1. The van der Waals surface area contributed by atoms with Crippen molar-refractivity contribution in [1.29, 1.82) is 0 Å². The molecule has 0 saturated carbocycles. The van der Waals surface area contributed by atoms with Crippen molar-refractivity contribution in [3.63, 3.8) is 0 Å². The van der Waals surface area contributed by atoms with E-state index in [2.05, 4.69) is 4.99 Å². The number of hydrogen-bond acceptors (Lipinski definition) is 2. The van der Waals surface area contributed by atoms with Gasteiger partial charge in [0.2, 0.25) is 0 Å². The van der Waals surface area contributed by atoms with Crippen LogP contribution in [0.15, 0.2) is 71.7 Å². The molecule has 2 nitrogen and oxygen atoms in total. The van der Waals surface area contributed by atoms with E-state index in [1.165, 1.54) is 0 Å². The van der Waals surface area contributed by atoms with E-state index in [9.17, 15) is 18.0 Å². The highest BCUT2D eigenvalue weighted by molar-refractivity contribution is 5.99. The number of nitrogens with zero attached hydrogens (tertiary/aromatic N) is 1. The lowest BCUT2D eigenvalue weighted by Gasteiger charge is -2.14. The maximum absolute atomic E-state index is 13.3. The van der Waals surface area contributed by atoms with Gasteiger partial charge in [0.15, 0.2) is 5.78 Å². The molecule has 0 bridgehead atoms. The quantitative estimate of drug-likeness (QED) is 0.480. The van der Waals surface area contributed by atoms with Crippen LogP contribution in [0.1, 0.15) is 39.0 Å². The Morgan fingerprint density at radius 1 is 0.966 bits per heavy atom. The predicted octanol–water partition coefficient (Wildman–Crippen LogP) is 6.12. The van der Waals surface area contributed by atoms with Gasteiger partial charge in [0.25, 0.3) is 0 Å². The van der Waals surface area contributed by atoms with Crippen LogP contribution >= 0.6 is 0 Å². The number of rotatable bonds is 5. The zero-order valence-corrected chi connectivity index (χ0v) is 15.5. The monoisotopic (exact) mass is 393 g/mol. The van der Waals surface area contributed by atoms with Crippen LogP contribution in [-0.2, 0) is 19.1 Å². The van der Waals surface area contributed by atoms with Crippen LogP contribution in [0, 0.1) is 0 Å². The van der Waals surface area contributed by atoms with E-state index >= 15 is 0 Å². The maximum Gasteiger partial charge on any atom is 0.416 e. The van der Waals surface area contributed by atoms with Crippen LogP contribution < -0.4 is 0 Å². The third-order valence-electron chi connectivity index (χ3n) is 5.05. The van der Waals surface area contributed by atoms with E-state index in [0.29, 0.717) is 40.7 Å². The van der Waals surface area contributed by atoms with E-state index < -0.39 is 11.7 Å². The van der Waals surface area contributed by atoms with Crippen molar-refractivity contribution in [2.75, 3.05) is 0 Å². The second-order valence-electron chi connectivity index (χ2n) is 7.05. The first-order valence-corrected chi connectivity index (χ1v) is 9.33. The Labute approximate surface area is 166 Å². The van der Waals surface area contributed by atoms with E-state index in [4.69, 9.17) is 0 Å². The Morgan fingerprint density at radius 3 is 2.52 bits per heavy atom. The predicted molar refractivity (Wildman–Crippen MR) is 107 cm³/mol. The minimum atomic E-state index is -4.44. The fourth-order valence-corrected chi connectivity index (χ4v) is 3.54. The highest BCUT2D eigenvalue weighted by atomic mass is 19.4. The number of alkyl halides is 3. The van der Waals surface area contributed by atoms with Crippen LogP contribution in [0.5, 0.6) is 0 Å². The van der Waals surface area contributed by atoms with Crippen LogP contribution in [0.25, 0.3) is 11.1 Å². The van der Waals surface area contributed by atoms with E-state index in [0.717, 1.165) is 17.7 Å². The van der Waals surface area contributed by atoms with Crippen molar-refractivity contribution >= 4 is 12.0 Å². The summed E-state index contributed by atoms with van der Waals surface area (Å²) in [6, 6.07) is 18.8. The van der Waals surface area contributed by atoms with E-state index in [1.54, 1.807) is 30.5 Å². The third kappa shape index (κ3) is 4.14. The number of hydrogen-bond donors (Lipinski definition) is 0. The van der Waals surface area contributed by atoms with Crippen molar-refractivity contribution < 1.29 is 18.0 Å². The molecule has 0 atom stereocenters. The lowest BCUT2D eigenvalue weighted by Crippen LogP contribution is -2.07. The first-order valence-electron chi connectivity index (χ1n) is 9.33. The molecule has 0 amide bonds. The van der Waals surface area contributed by atoms with Gasteiger partial charge in [0.1, 0.15) is 0 Å². The molecule has 0 aromatic heterocycles. The van der Waals surface area contributed by atoms with Gasteiger partial charge in [-0.2, -0.15) is 13.2 Å². The Bertz CT molecular complexity index is 1090. The van der Waals surface area contributed by atoms with Crippen LogP contribution in [-0.4, -0.2) is 12.0 Å². The summed E-state index contributed by atoms with van der Waals surface area (Å²) in [5.74, 6) is -0.0343. The second kappa shape index (κ2) is 7.66. The van der Waals surface area contributed by atoms with Crippen molar-refractivity contribution in [1.82, 2.24) is 0 Å². The number of carbonyl (C=O) groups is 1. The van der Waals surface area contributed by atoms with Crippen molar-refractivity contribution in [2.24, 2.45) is 4.99 Å². The number of carbonyl (C=O) groups excluding carboxylic acids is 1. The van der Waals surface area contributed by atoms with Gasteiger partial charge in [-0.3, -0.25) is 9.79 Å². The molecule has 1 aliphatic heterocycles. The van der Waals surface area contributed by atoms with Gasteiger partial charge in [0, 0.05) is 23.8 Å². The third-order valence-corrected chi connectivity index (χ3v) is 5.05. The van der Waals surface area contributed by atoms with Crippen LogP contribution in [0.2, 0.25) is 0 Å². The summed E-state index contributed by atoms with van der Waals surface area (Å²) in [7, 11) is 0. The fourth-order valence-electron chi connectivity index (χ4n) is 3.54. The molecule has 3 aromatic rings. The van der Waals surface area contributed by atoms with Crippen molar-refractivity contribution in [2.45, 2.75) is 25.6 Å². The molecule has 0 spiro atoms. The molecule has 0 radical (unpaired) electrons. The molecule has 0 saturated heterocycles. The highest BCUT2D eigenvalue weighted by Crippen LogP contribution is 2.37. The van der Waals surface area contributed by atoms with Gasteiger partial charge >= 0.3 is 6.18 Å². The van der Waals surface area contributed by atoms with Crippen LogP contribution in [0.3, 0.4) is 0 Å². The lowest BCUT2D eigenvalue weighted by atomic mass is 9.92. The van der Waals surface area contributed by atoms with Gasteiger partial charge in [-0.25, -0.2) is 0 Å². The van der Waals surface area contributed by atoms with E-state index in [-0.39, 0.29) is 12.3 Å². The molecule has 0 fully saturated rings. The summed E-state index contributed by atoms with van der Waals surface area (Å²) >= 11 is 0. The Morgan fingerprint density at radius 2 is 1.76 bits per heavy atom. The molecule has 5 heteroatoms. The molecule has 0 aliphatic carbocycles. The zero-order chi connectivity index (χ0) is 20.4. The van der Waals surface area contributed by atoms with E-state index in [1.807, 2.05) is 30.3 Å². The minimum Gasteiger partial charge on any atom is -0.294 e. The average molecular weight is 393 g/mol. The molecule has 0 unspecified atom stereocenters. The molecule has 0 N–H and O–H groups in total. The number of aliphatic imine (C=N–C) groups is 1. The van der Waals surface area contributed by atoms with Gasteiger partial charge in [-0.05, 0) is 46.9 Å².